The Morgan fingerprint density at radius 1 is 0.919 bits per heavy atom. The van der Waals surface area contributed by atoms with Crippen molar-refractivity contribution in [1.29, 1.82) is 0 Å². The van der Waals surface area contributed by atoms with Gasteiger partial charge in [0.15, 0.2) is 0 Å². The van der Waals surface area contributed by atoms with Gasteiger partial charge in [-0.3, -0.25) is 4.79 Å². The summed E-state index contributed by atoms with van der Waals surface area (Å²) < 4.78 is 11.0. The second-order valence-corrected chi connectivity index (χ2v) is 9.44. The number of rotatable bonds is 9. The van der Waals surface area contributed by atoms with E-state index in [4.69, 9.17) is 9.47 Å². The lowest BCUT2D eigenvalue weighted by Crippen LogP contribution is -2.45. The topological polar surface area (TPSA) is 96.9 Å². The molecule has 3 aromatic rings. The maximum Gasteiger partial charge on any atom is 0.407 e. The average molecular weight is 503 g/mol. The molecule has 0 saturated heterocycles. The number of carbonyl (C=O) groups is 2. The van der Waals surface area contributed by atoms with Gasteiger partial charge in [0.2, 0.25) is 0 Å². The molecule has 1 atom stereocenters. The highest BCUT2D eigenvalue weighted by atomic mass is 16.6. The van der Waals surface area contributed by atoms with Gasteiger partial charge in [-0.1, -0.05) is 72.8 Å². The number of hydrogen-bond donors (Lipinski definition) is 3. The molecule has 1 aliphatic carbocycles. The van der Waals surface area contributed by atoms with Crippen LogP contribution in [-0.4, -0.2) is 43.4 Å². The van der Waals surface area contributed by atoms with Gasteiger partial charge in [-0.2, -0.15) is 0 Å². The van der Waals surface area contributed by atoms with Gasteiger partial charge in [-0.05, 0) is 48.9 Å². The molecule has 1 fully saturated rings. The summed E-state index contributed by atoms with van der Waals surface area (Å²) >= 11 is 0. The Morgan fingerprint density at radius 2 is 1.54 bits per heavy atom. The van der Waals surface area contributed by atoms with E-state index in [1.807, 2.05) is 60.7 Å². The summed E-state index contributed by atoms with van der Waals surface area (Å²) in [4.78, 5) is 25.4. The first-order valence-electron chi connectivity index (χ1n) is 12.6. The van der Waals surface area contributed by atoms with Crippen LogP contribution in [0.4, 0.5) is 4.79 Å². The lowest BCUT2D eigenvalue weighted by Gasteiger charge is -2.40. The Kier molecular flexibility index (Phi) is 8.80. The summed E-state index contributed by atoms with van der Waals surface area (Å²) in [5, 5.41) is 16.1. The molecule has 7 nitrogen and oxygen atoms in total. The van der Waals surface area contributed by atoms with E-state index >= 15 is 0 Å². The summed E-state index contributed by atoms with van der Waals surface area (Å²) in [6.07, 6.45) is 1.31. The van der Waals surface area contributed by atoms with Gasteiger partial charge in [0.25, 0.3) is 5.91 Å². The Balaban J connectivity index is 1.35. The number of para-hydroxylation sites is 1. The van der Waals surface area contributed by atoms with Crippen molar-refractivity contribution in [1.82, 2.24) is 10.6 Å². The van der Waals surface area contributed by atoms with E-state index < -0.39 is 12.2 Å². The first-order valence-corrected chi connectivity index (χ1v) is 12.6. The molecular formula is C30H34N2O5. The summed E-state index contributed by atoms with van der Waals surface area (Å²) in [6.45, 7) is 0.550. The van der Waals surface area contributed by atoms with E-state index in [-0.39, 0.29) is 24.0 Å². The molecule has 1 saturated carbocycles. The quantitative estimate of drug-likeness (QED) is 0.392. The molecule has 0 bridgehead atoms. The van der Waals surface area contributed by atoms with Gasteiger partial charge in [0.1, 0.15) is 11.9 Å². The smallest absolute Gasteiger partial charge is 0.407 e. The molecule has 1 unspecified atom stereocenters. The van der Waals surface area contributed by atoms with Crippen molar-refractivity contribution >= 4 is 12.0 Å². The van der Waals surface area contributed by atoms with Crippen LogP contribution in [0.3, 0.4) is 0 Å². The molecule has 7 heteroatoms. The van der Waals surface area contributed by atoms with E-state index in [0.29, 0.717) is 30.7 Å². The normalized spacial score (nSPS) is 19.9. The van der Waals surface area contributed by atoms with E-state index in [1.165, 1.54) is 0 Å². The minimum absolute atomic E-state index is 0.0818. The molecule has 3 N–H and O–H groups in total. The van der Waals surface area contributed by atoms with Gasteiger partial charge in [-0.25, -0.2) is 4.79 Å². The maximum atomic E-state index is 13.0. The number of alkyl carbamates (subject to hydrolysis) is 1. The number of ether oxygens (including phenoxy) is 2. The molecule has 37 heavy (non-hydrogen) atoms. The van der Waals surface area contributed by atoms with Crippen molar-refractivity contribution in [2.45, 2.75) is 43.3 Å². The zero-order valence-electron chi connectivity index (χ0n) is 21.1. The molecule has 0 aliphatic heterocycles. The zero-order valence-corrected chi connectivity index (χ0v) is 21.1. The summed E-state index contributed by atoms with van der Waals surface area (Å²) in [6, 6.07) is 26.5. The molecule has 0 heterocycles. The SMILES string of the molecule is COc1ccccc1C(=O)NCC1(c2ccccc2)CCC(OC(=O)NCC(O)c2ccccc2)CC1. The van der Waals surface area contributed by atoms with Crippen molar-refractivity contribution in [3.05, 3.63) is 102 Å². The molecule has 2 amide bonds. The van der Waals surface area contributed by atoms with Crippen LogP contribution in [0.2, 0.25) is 0 Å². The standard InChI is InChI=1S/C30H34N2O5/c1-36-27-15-9-8-14-25(27)28(34)32-21-30(23-12-6-3-7-13-23)18-16-24(17-19-30)37-29(35)31-20-26(33)22-10-4-2-5-11-22/h2-15,24,26,33H,16-21H2,1H3,(H,31,35)(H,32,34). The fourth-order valence-corrected chi connectivity index (χ4v) is 4.96. The van der Waals surface area contributed by atoms with E-state index in [1.54, 1.807) is 19.2 Å². The highest BCUT2D eigenvalue weighted by Crippen LogP contribution is 2.40. The summed E-state index contributed by atoms with van der Waals surface area (Å²) in [7, 11) is 1.55. The molecule has 3 aromatic carbocycles. The molecular weight excluding hydrogens is 468 g/mol. The maximum absolute atomic E-state index is 13.0. The minimum atomic E-state index is -0.794. The zero-order chi connectivity index (χ0) is 26.1. The van der Waals surface area contributed by atoms with Gasteiger partial charge in [0.05, 0.1) is 25.3 Å². The number of methoxy groups -OCH3 is 1. The summed E-state index contributed by atoms with van der Waals surface area (Å²) in [5.41, 5.74) is 2.13. The van der Waals surface area contributed by atoms with E-state index in [9.17, 15) is 14.7 Å². The lowest BCUT2D eigenvalue weighted by atomic mass is 9.68. The van der Waals surface area contributed by atoms with Gasteiger partial charge in [-0.15, -0.1) is 0 Å². The van der Waals surface area contributed by atoms with Crippen LogP contribution in [0.5, 0.6) is 5.75 Å². The Morgan fingerprint density at radius 3 is 2.22 bits per heavy atom. The first kappa shape index (κ1) is 26.2. The van der Waals surface area contributed by atoms with E-state index in [2.05, 4.69) is 22.8 Å². The van der Waals surface area contributed by atoms with Crippen molar-refractivity contribution < 1.29 is 24.2 Å². The van der Waals surface area contributed by atoms with Crippen LogP contribution in [0, 0.1) is 0 Å². The third-order valence-corrected chi connectivity index (χ3v) is 7.11. The van der Waals surface area contributed by atoms with Crippen LogP contribution >= 0.6 is 0 Å². The minimum Gasteiger partial charge on any atom is -0.496 e. The Hall–Kier alpha value is -3.84. The third kappa shape index (κ3) is 6.68. The number of aliphatic hydroxyl groups is 1. The highest BCUT2D eigenvalue weighted by Gasteiger charge is 2.38. The fraction of sp³-hybridized carbons (Fsp3) is 0.333. The Bertz CT molecular complexity index is 1160. The van der Waals surface area contributed by atoms with Crippen LogP contribution in [0.1, 0.15) is 53.3 Å². The van der Waals surface area contributed by atoms with Gasteiger partial charge < -0.3 is 25.2 Å². The van der Waals surface area contributed by atoms with Crippen molar-refractivity contribution in [3.63, 3.8) is 0 Å². The number of aliphatic hydroxyl groups excluding tert-OH is 1. The molecule has 0 aromatic heterocycles. The number of carbonyl (C=O) groups excluding carboxylic acids is 2. The predicted octanol–water partition coefficient (Wildman–Crippen LogP) is 4.77. The second-order valence-electron chi connectivity index (χ2n) is 9.44. The third-order valence-electron chi connectivity index (χ3n) is 7.11. The number of nitrogens with one attached hydrogen (secondary N) is 2. The number of hydrogen-bond acceptors (Lipinski definition) is 5. The molecule has 0 radical (unpaired) electrons. The van der Waals surface area contributed by atoms with Crippen LogP contribution in [0.15, 0.2) is 84.9 Å². The number of amides is 2. The molecule has 1 aliphatic rings. The first-order chi connectivity index (χ1) is 18.0. The highest BCUT2D eigenvalue weighted by molar-refractivity contribution is 5.97. The van der Waals surface area contributed by atoms with Crippen molar-refractivity contribution in [2.75, 3.05) is 20.2 Å². The van der Waals surface area contributed by atoms with E-state index in [0.717, 1.165) is 24.0 Å². The van der Waals surface area contributed by atoms with Crippen LogP contribution in [0.25, 0.3) is 0 Å². The second kappa shape index (κ2) is 12.4. The molecule has 0 spiro atoms. The van der Waals surface area contributed by atoms with Gasteiger partial charge in [0, 0.05) is 12.0 Å². The number of benzene rings is 3. The Labute approximate surface area is 217 Å². The van der Waals surface area contributed by atoms with Crippen molar-refractivity contribution in [2.24, 2.45) is 0 Å². The predicted molar refractivity (Wildman–Crippen MR) is 142 cm³/mol. The largest absolute Gasteiger partial charge is 0.496 e. The fourth-order valence-electron chi connectivity index (χ4n) is 4.96. The average Bonchev–Trinajstić information content (AvgIpc) is 2.96. The van der Waals surface area contributed by atoms with Crippen LogP contribution in [-0.2, 0) is 10.2 Å². The molecule has 194 valence electrons. The van der Waals surface area contributed by atoms with Crippen molar-refractivity contribution in [3.8, 4) is 5.75 Å². The monoisotopic (exact) mass is 502 g/mol. The van der Waals surface area contributed by atoms with Crippen LogP contribution < -0.4 is 15.4 Å². The van der Waals surface area contributed by atoms with Gasteiger partial charge >= 0.3 is 6.09 Å². The lowest BCUT2D eigenvalue weighted by molar-refractivity contribution is 0.0535. The molecule has 4 rings (SSSR count). The summed E-state index contributed by atoms with van der Waals surface area (Å²) in [5.74, 6) is 0.358.